The SMILES string of the molecule is NN(CC1CCCCC1)C1CCCCC1=O. The molecule has 0 aromatic rings. The Bertz CT molecular complexity index is 236. The summed E-state index contributed by atoms with van der Waals surface area (Å²) in [6, 6.07) is 0.0238. The largest absolute Gasteiger partial charge is 0.298 e. The van der Waals surface area contributed by atoms with E-state index in [-0.39, 0.29) is 6.04 Å². The highest BCUT2D eigenvalue weighted by molar-refractivity contribution is 5.84. The zero-order chi connectivity index (χ0) is 11.4. The second-order valence-electron chi connectivity index (χ2n) is 5.43. The fourth-order valence-corrected chi connectivity index (χ4v) is 3.11. The predicted octanol–water partition coefficient (Wildman–Crippen LogP) is 2.25. The Balaban J connectivity index is 1.81. The summed E-state index contributed by atoms with van der Waals surface area (Å²) in [5.74, 6) is 7.18. The molecule has 0 heterocycles. The summed E-state index contributed by atoms with van der Waals surface area (Å²) >= 11 is 0. The van der Waals surface area contributed by atoms with Gasteiger partial charge in [0.25, 0.3) is 0 Å². The Morgan fingerprint density at radius 1 is 1.06 bits per heavy atom. The molecule has 0 aliphatic heterocycles. The molecule has 0 amide bonds. The molecule has 0 radical (unpaired) electrons. The molecule has 0 spiro atoms. The van der Waals surface area contributed by atoms with Crippen molar-refractivity contribution in [1.29, 1.82) is 0 Å². The topological polar surface area (TPSA) is 46.3 Å². The lowest BCUT2D eigenvalue weighted by molar-refractivity contribution is -0.126. The minimum absolute atomic E-state index is 0.0238. The van der Waals surface area contributed by atoms with E-state index in [2.05, 4.69) is 0 Å². The third-order valence-electron chi connectivity index (χ3n) is 4.12. The van der Waals surface area contributed by atoms with E-state index >= 15 is 0 Å². The van der Waals surface area contributed by atoms with Crippen LogP contribution in [0.1, 0.15) is 57.8 Å². The van der Waals surface area contributed by atoms with Crippen molar-refractivity contribution in [3.8, 4) is 0 Å². The molecule has 16 heavy (non-hydrogen) atoms. The molecule has 3 nitrogen and oxygen atoms in total. The number of rotatable bonds is 3. The first kappa shape index (κ1) is 12.1. The summed E-state index contributed by atoms with van der Waals surface area (Å²) in [7, 11) is 0. The molecule has 3 heteroatoms. The second-order valence-corrected chi connectivity index (χ2v) is 5.43. The highest BCUT2D eigenvalue weighted by Gasteiger charge is 2.28. The number of nitrogens with zero attached hydrogens (tertiary/aromatic N) is 1. The highest BCUT2D eigenvalue weighted by Crippen LogP contribution is 2.26. The van der Waals surface area contributed by atoms with Gasteiger partial charge in [-0.05, 0) is 31.6 Å². The van der Waals surface area contributed by atoms with E-state index in [1.165, 1.54) is 32.1 Å². The summed E-state index contributed by atoms with van der Waals surface area (Å²) in [4.78, 5) is 11.8. The summed E-state index contributed by atoms with van der Waals surface area (Å²) in [5.41, 5.74) is 0. The third-order valence-corrected chi connectivity index (χ3v) is 4.12. The van der Waals surface area contributed by atoms with Crippen LogP contribution in [-0.2, 0) is 4.79 Å². The maximum Gasteiger partial charge on any atom is 0.151 e. The van der Waals surface area contributed by atoms with Crippen LogP contribution < -0.4 is 5.84 Å². The van der Waals surface area contributed by atoms with E-state index in [0.29, 0.717) is 5.78 Å². The lowest BCUT2D eigenvalue weighted by Gasteiger charge is -2.33. The van der Waals surface area contributed by atoms with Crippen molar-refractivity contribution in [2.75, 3.05) is 6.54 Å². The van der Waals surface area contributed by atoms with Crippen LogP contribution in [0.4, 0.5) is 0 Å². The molecule has 2 saturated carbocycles. The average Bonchev–Trinajstić information content (AvgIpc) is 2.31. The van der Waals surface area contributed by atoms with Crippen molar-refractivity contribution in [2.24, 2.45) is 11.8 Å². The summed E-state index contributed by atoms with van der Waals surface area (Å²) < 4.78 is 0. The number of hydrazine groups is 1. The van der Waals surface area contributed by atoms with Crippen LogP contribution in [0.2, 0.25) is 0 Å². The van der Waals surface area contributed by atoms with Gasteiger partial charge in [0.15, 0.2) is 5.78 Å². The number of carbonyl (C=O) groups is 1. The van der Waals surface area contributed by atoms with Crippen molar-refractivity contribution in [2.45, 2.75) is 63.8 Å². The number of hydrogen-bond donors (Lipinski definition) is 1. The van der Waals surface area contributed by atoms with Gasteiger partial charge in [-0.2, -0.15) is 0 Å². The van der Waals surface area contributed by atoms with Crippen molar-refractivity contribution in [1.82, 2.24) is 5.01 Å². The maximum atomic E-state index is 11.8. The van der Waals surface area contributed by atoms with Gasteiger partial charge in [-0.1, -0.05) is 25.7 Å². The number of ketones is 1. The van der Waals surface area contributed by atoms with Gasteiger partial charge in [0, 0.05) is 13.0 Å². The first-order valence-corrected chi connectivity index (χ1v) is 6.81. The number of carbonyl (C=O) groups excluding carboxylic acids is 1. The van der Waals surface area contributed by atoms with Crippen molar-refractivity contribution >= 4 is 5.78 Å². The molecule has 0 aromatic carbocycles. The van der Waals surface area contributed by atoms with Crippen LogP contribution in [0, 0.1) is 5.92 Å². The van der Waals surface area contributed by atoms with Gasteiger partial charge in [0.1, 0.15) is 0 Å². The summed E-state index contributed by atoms with van der Waals surface area (Å²) in [6.45, 7) is 0.927. The number of Topliss-reactive ketones (excluding diaryl/α,β-unsaturated/α-hetero) is 1. The summed E-state index contributed by atoms with van der Waals surface area (Å²) in [5, 5.41) is 1.84. The Hall–Kier alpha value is -0.410. The van der Waals surface area contributed by atoms with Crippen LogP contribution >= 0.6 is 0 Å². The van der Waals surface area contributed by atoms with Gasteiger partial charge in [-0.15, -0.1) is 0 Å². The second kappa shape index (κ2) is 5.78. The van der Waals surface area contributed by atoms with Crippen LogP contribution in [0.15, 0.2) is 0 Å². The molecule has 1 unspecified atom stereocenters. The predicted molar refractivity (Wildman–Crippen MR) is 64.7 cm³/mol. The Morgan fingerprint density at radius 3 is 2.44 bits per heavy atom. The van der Waals surface area contributed by atoms with E-state index in [0.717, 1.165) is 38.1 Å². The normalized spacial score (nSPS) is 28.6. The molecule has 92 valence electrons. The maximum absolute atomic E-state index is 11.8. The monoisotopic (exact) mass is 224 g/mol. The zero-order valence-electron chi connectivity index (χ0n) is 10.2. The molecular weight excluding hydrogens is 200 g/mol. The van der Waals surface area contributed by atoms with E-state index in [1.54, 1.807) is 0 Å². The lowest BCUT2D eigenvalue weighted by atomic mass is 9.88. The van der Waals surface area contributed by atoms with Crippen LogP contribution in [0.5, 0.6) is 0 Å². The fraction of sp³-hybridized carbons (Fsp3) is 0.923. The Labute approximate surface area is 98.3 Å². The van der Waals surface area contributed by atoms with E-state index in [4.69, 9.17) is 5.84 Å². The van der Waals surface area contributed by atoms with Crippen molar-refractivity contribution in [3.63, 3.8) is 0 Å². The standard InChI is InChI=1S/C13H24N2O/c14-15(10-11-6-2-1-3-7-11)12-8-4-5-9-13(12)16/h11-12H,1-10,14H2. The first-order chi connectivity index (χ1) is 7.77. The molecular formula is C13H24N2O. The molecule has 0 bridgehead atoms. The minimum Gasteiger partial charge on any atom is -0.298 e. The Morgan fingerprint density at radius 2 is 1.75 bits per heavy atom. The van der Waals surface area contributed by atoms with Crippen molar-refractivity contribution < 1.29 is 4.79 Å². The molecule has 2 rings (SSSR count). The number of nitrogens with two attached hydrogens (primary N) is 1. The lowest BCUT2D eigenvalue weighted by Crippen LogP contribution is -2.49. The van der Waals surface area contributed by atoms with E-state index < -0.39 is 0 Å². The average molecular weight is 224 g/mol. The molecule has 2 aliphatic rings. The minimum atomic E-state index is 0.0238. The van der Waals surface area contributed by atoms with E-state index in [1.807, 2.05) is 5.01 Å². The zero-order valence-corrected chi connectivity index (χ0v) is 10.2. The van der Waals surface area contributed by atoms with Crippen LogP contribution in [0.25, 0.3) is 0 Å². The van der Waals surface area contributed by atoms with Gasteiger partial charge >= 0.3 is 0 Å². The first-order valence-electron chi connectivity index (χ1n) is 6.81. The van der Waals surface area contributed by atoms with E-state index in [9.17, 15) is 4.79 Å². The Kier molecular flexibility index (Phi) is 4.36. The molecule has 0 aromatic heterocycles. The molecule has 1 atom stereocenters. The fourth-order valence-electron chi connectivity index (χ4n) is 3.11. The van der Waals surface area contributed by atoms with Crippen molar-refractivity contribution in [3.05, 3.63) is 0 Å². The van der Waals surface area contributed by atoms with Gasteiger partial charge in [-0.25, -0.2) is 5.01 Å². The van der Waals surface area contributed by atoms with Gasteiger partial charge in [0.2, 0.25) is 0 Å². The highest BCUT2D eigenvalue weighted by atomic mass is 16.1. The molecule has 0 saturated heterocycles. The van der Waals surface area contributed by atoms with Gasteiger partial charge in [-0.3, -0.25) is 10.6 Å². The molecule has 2 aliphatic carbocycles. The third kappa shape index (κ3) is 3.05. The summed E-state index contributed by atoms with van der Waals surface area (Å²) in [6.07, 6.45) is 10.6. The smallest absolute Gasteiger partial charge is 0.151 e. The van der Waals surface area contributed by atoms with Crippen LogP contribution in [-0.4, -0.2) is 23.4 Å². The number of hydrogen-bond acceptors (Lipinski definition) is 3. The van der Waals surface area contributed by atoms with Gasteiger partial charge in [0.05, 0.1) is 6.04 Å². The molecule has 2 fully saturated rings. The van der Waals surface area contributed by atoms with Gasteiger partial charge < -0.3 is 0 Å². The molecule has 2 N–H and O–H groups in total. The quantitative estimate of drug-likeness (QED) is 0.591. The van der Waals surface area contributed by atoms with Crippen LogP contribution in [0.3, 0.4) is 0 Å².